The molecule has 2 N–H and O–H groups in total. The minimum atomic E-state index is -1.07. The number of aryl methyl sites for hydroxylation is 1. The zero-order valence-electron chi connectivity index (χ0n) is 9.53. The molecule has 5 nitrogen and oxygen atoms in total. The molecule has 0 unspecified atom stereocenters. The fourth-order valence-electron chi connectivity index (χ4n) is 1.27. The smallest absolute Gasteiger partial charge is 0.322 e. The number of furan rings is 1. The van der Waals surface area contributed by atoms with Crippen molar-refractivity contribution in [1.29, 1.82) is 0 Å². The number of rotatable bonds is 4. The summed E-state index contributed by atoms with van der Waals surface area (Å²) in [4.78, 5) is 21.9. The van der Waals surface area contributed by atoms with Gasteiger partial charge in [-0.15, -0.1) is 0 Å². The van der Waals surface area contributed by atoms with Crippen LogP contribution in [0.1, 0.15) is 41.6 Å². The molecule has 0 aliphatic carbocycles. The van der Waals surface area contributed by atoms with Gasteiger partial charge in [-0.25, -0.2) is 0 Å². The average Bonchev–Trinajstić information content (AvgIpc) is 2.57. The van der Waals surface area contributed by atoms with Crippen LogP contribution >= 0.6 is 0 Å². The molecule has 88 valence electrons. The largest absolute Gasteiger partial charge is 0.480 e. The van der Waals surface area contributed by atoms with Gasteiger partial charge >= 0.3 is 5.97 Å². The van der Waals surface area contributed by atoms with Crippen molar-refractivity contribution in [2.45, 2.75) is 26.7 Å². The third-order valence-corrected chi connectivity index (χ3v) is 2.15. The Balaban J connectivity index is 2.79. The van der Waals surface area contributed by atoms with Crippen LogP contribution in [0.4, 0.5) is 0 Å². The quantitative estimate of drug-likeness (QED) is 0.814. The van der Waals surface area contributed by atoms with Gasteiger partial charge in [-0.2, -0.15) is 0 Å². The zero-order valence-corrected chi connectivity index (χ0v) is 9.53. The van der Waals surface area contributed by atoms with Crippen molar-refractivity contribution in [3.05, 3.63) is 23.2 Å². The predicted octanol–water partition coefficient (Wildman–Crippen LogP) is 1.53. The summed E-state index contributed by atoms with van der Waals surface area (Å²) in [5, 5.41) is 10.7. The standard InChI is InChI=1S/C11H15NO4/c1-6(2)9-4-8(7(3)16-9)11(15)12-5-10(13)14/h4,6H,5H2,1-3H3,(H,12,15)(H,13,14). The molecule has 0 atom stereocenters. The van der Waals surface area contributed by atoms with E-state index in [1.165, 1.54) is 0 Å². The van der Waals surface area contributed by atoms with Gasteiger partial charge in [0.2, 0.25) is 0 Å². The zero-order chi connectivity index (χ0) is 12.3. The number of carboxylic acids is 1. The van der Waals surface area contributed by atoms with Crippen LogP contribution in [0.5, 0.6) is 0 Å². The molecule has 0 bridgehead atoms. The van der Waals surface area contributed by atoms with Crippen LogP contribution in [0.15, 0.2) is 10.5 Å². The van der Waals surface area contributed by atoms with Crippen molar-refractivity contribution in [1.82, 2.24) is 5.32 Å². The minimum absolute atomic E-state index is 0.194. The molecule has 1 aromatic rings. The van der Waals surface area contributed by atoms with Crippen LogP contribution in [-0.2, 0) is 4.79 Å². The Morgan fingerprint density at radius 2 is 2.12 bits per heavy atom. The summed E-state index contributed by atoms with van der Waals surface area (Å²) in [6, 6.07) is 1.65. The highest BCUT2D eigenvalue weighted by Gasteiger charge is 2.16. The SMILES string of the molecule is Cc1oc(C(C)C)cc1C(=O)NCC(=O)O. The van der Waals surface area contributed by atoms with Crippen molar-refractivity contribution in [2.24, 2.45) is 0 Å². The summed E-state index contributed by atoms with van der Waals surface area (Å²) in [5.74, 6) is -0.0709. The molecule has 0 aromatic carbocycles. The summed E-state index contributed by atoms with van der Waals surface area (Å²) in [7, 11) is 0. The fourth-order valence-corrected chi connectivity index (χ4v) is 1.27. The Hall–Kier alpha value is -1.78. The summed E-state index contributed by atoms with van der Waals surface area (Å²) in [5.41, 5.74) is 0.393. The second-order valence-electron chi connectivity index (χ2n) is 3.85. The van der Waals surface area contributed by atoms with E-state index in [0.29, 0.717) is 11.3 Å². The lowest BCUT2D eigenvalue weighted by Gasteiger charge is -1.99. The number of carbonyl (C=O) groups excluding carboxylic acids is 1. The number of carboxylic acid groups (broad SMARTS) is 1. The molecule has 0 saturated carbocycles. The van der Waals surface area contributed by atoms with Crippen LogP contribution in [0.3, 0.4) is 0 Å². The molecule has 5 heteroatoms. The Bertz CT molecular complexity index is 406. The molecule has 0 spiro atoms. The third kappa shape index (κ3) is 2.85. The number of hydrogen-bond donors (Lipinski definition) is 2. The monoisotopic (exact) mass is 225 g/mol. The van der Waals surface area contributed by atoms with Gasteiger partial charge in [0.15, 0.2) is 0 Å². The maximum atomic E-state index is 11.6. The van der Waals surface area contributed by atoms with Gasteiger partial charge in [0, 0.05) is 5.92 Å². The Morgan fingerprint density at radius 1 is 1.50 bits per heavy atom. The molecule has 1 rings (SSSR count). The van der Waals surface area contributed by atoms with Gasteiger partial charge in [-0.3, -0.25) is 9.59 Å². The Labute approximate surface area is 93.4 Å². The van der Waals surface area contributed by atoms with E-state index in [0.717, 1.165) is 5.76 Å². The number of aliphatic carboxylic acids is 1. The molecule has 0 aliphatic heterocycles. The van der Waals surface area contributed by atoms with E-state index in [1.807, 2.05) is 13.8 Å². The normalized spacial score (nSPS) is 10.5. The molecule has 0 saturated heterocycles. The summed E-state index contributed by atoms with van der Waals surface area (Å²) >= 11 is 0. The molecule has 1 amide bonds. The van der Waals surface area contributed by atoms with Gasteiger partial charge in [0.05, 0.1) is 5.56 Å². The minimum Gasteiger partial charge on any atom is -0.480 e. The Morgan fingerprint density at radius 3 is 2.56 bits per heavy atom. The topological polar surface area (TPSA) is 79.5 Å². The van der Waals surface area contributed by atoms with E-state index in [9.17, 15) is 9.59 Å². The first kappa shape index (κ1) is 12.3. The first-order chi connectivity index (χ1) is 7.41. The lowest BCUT2D eigenvalue weighted by atomic mass is 10.1. The number of nitrogens with one attached hydrogen (secondary N) is 1. The molecular weight excluding hydrogens is 210 g/mol. The van der Waals surface area contributed by atoms with E-state index in [1.54, 1.807) is 13.0 Å². The van der Waals surface area contributed by atoms with Crippen molar-refractivity contribution in [2.75, 3.05) is 6.54 Å². The summed E-state index contributed by atoms with van der Waals surface area (Å²) in [6.45, 7) is 5.20. The number of amides is 1. The van der Waals surface area contributed by atoms with Crippen LogP contribution < -0.4 is 5.32 Å². The van der Waals surface area contributed by atoms with Crippen molar-refractivity contribution in [3.8, 4) is 0 Å². The third-order valence-electron chi connectivity index (χ3n) is 2.15. The van der Waals surface area contributed by atoms with Gasteiger partial charge in [0.1, 0.15) is 18.1 Å². The molecule has 1 heterocycles. The molecular formula is C11H15NO4. The maximum Gasteiger partial charge on any atom is 0.322 e. The highest BCUT2D eigenvalue weighted by molar-refractivity contribution is 5.96. The first-order valence-electron chi connectivity index (χ1n) is 5.02. The predicted molar refractivity (Wildman–Crippen MR) is 57.5 cm³/mol. The average molecular weight is 225 g/mol. The summed E-state index contributed by atoms with van der Waals surface area (Å²) in [6.07, 6.45) is 0. The van der Waals surface area contributed by atoms with E-state index in [-0.39, 0.29) is 12.5 Å². The van der Waals surface area contributed by atoms with E-state index >= 15 is 0 Å². The van der Waals surface area contributed by atoms with Crippen molar-refractivity contribution in [3.63, 3.8) is 0 Å². The summed E-state index contributed by atoms with van der Waals surface area (Å²) < 4.78 is 5.40. The molecule has 1 aromatic heterocycles. The molecule has 0 aliphatic rings. The van der Waals surface area contributed by atoms with E-state index in [4.69, 9.17) is 9.52 Å². The fraction of sp³-hybridized carbons (Fsp3) is 0.455. The maximum absolute atomic E-state index is 11.6. The lowest BCUT2D eigenvalue weighted by Crippen LogP contribution is -2.29. The Kier molecular flexibility index (Phi) is 3.71. The van der Waals surface area contributed by atoms with Crippen LogP contribution in [0, 0.1) is 6.92 Å². The van der Waals surface area contributed by atoms with Crippen molar-refractivity contribution < 1.29 is 19.1 Å². The van der Waals surface area contributed by atoms with Crippen LogP contribution in [0.25, 0.3) is 0 Å². The van der Waals surface area contributed by atoms with Crippen LogP contribution in [-0.4, -0.2) is 23.5 Å². The molecule has 16 heavy (non-hydrogen) atoms. The van der Waals surface area contributed by atoms with Crippen LogP contribution in [0.2, 0.25) is 0 Å². The van der Waals surface area contributed by atoms with Gasteiger partial charge in [0.25, 0.3) is 5.91 Å². The second kappa shape index (κ2) is 4.83. The van der Waals surface area contributed by atoms with Crippen molar-refractivity contribution >= 4 is 11.9 Å². The number of hydrogen-bond acceptors (Lipinski definition) is 3. The number of carbonyl (C=O) groups is 2. The first-order valence-corrected chi connectivity index (χ1v) is 5.02. The second-order valence-corrected chi connectivity index (χ2v) is 3.85. The molecule has 0 fully saturated rings. The van der Waals surface area contributed by atoms with Gasteiger partial charge in [-0.05, 0) is 13.0 Å². The highest BCUT2D eigenvalue weighted by atomic mass is 16.4. The highest BCUT2D eigenvalue weighted by Crippen LogP contribution is 2.21. The van der Waals surface area contributed by atoms with E-state index < -0.39 is 11.9 Å². The molecule has 0 radical (unpaired) electrons. The lowest BCUT2D eigenvalue weighted by molar-refractivity contribution is -0.135. The van der Waals surface area contributed by atoms with Gasteiger partial charge < -0.3 is 14.8 Å². The van der Waals surface area contributed by atoms with E-state index in [2.05, 4.69) is 5.32 Å². The van der Waals surface area contributed by atoms with Gasteiger partial charge in [-0.1, -0.05) is 13.8 Å².